The SMILES string of the molecule is CC(C)CC(=O)[C@@]12OC(C)(C)O[C@@H]1C[C@H]1[C@@H]3CCC4=CC(=O)C=C[C@]4(C)[C@@]3(F)[C@@H](O)C[C@@]12C. The van der Waals surface area contributed by atoms with Gasteiger partial charge >= 0.3 is 0 Å². The average molecular weight is 461 g/mol. The molecular weight excluding hydrogens is 423 g/mol. The molecule has 0 amide bonds. The molecule has 1 saturated heterocycles. The number of aliphatic hydroxyl groups is 1. The molecule has 0 spiro atoms. The lowest BCUT2D eigenvalue weighted by Crippen LogP contribution is -2.69. The van der Waals surface area contributed by atoms with E-state index in [1.54, 1.807) is 12.2 Å². The number of fused-ring (bicyclic) bond motifs is 7. The van der Waals surface area contributed by atoms with Crippen molar-refractivity contribution in [3.63, 3.8) is 0 Å². The van der Waals surface area contributed by atoms with E-state index in [0.29, 0.717) is 25.7 Å². The van der Waals surface area contributed by atoms with Crippen molar-refractivity contribution in [3.8, 4) is 0 Å². The smallest absolute Gasteiger partial charge is 0.178 e. The van der Waals surface area contributed by atoms with Crippen LogP contribution >= 0.6 is 0 Å². The lowest BCUT2D eigenvalue weighted by Gasteiger charge is -2.62. The standard InChI is InChI=1S/C27H37FO5/c1-15(2)11-20(30)27-22(32-23(3,4)33-27)13-19-18-8-7-16-12-17(29)9-10-24(16,5)26(18,28)21(31)14-25(19,27)6/h9-10,12,15,18-19,21-22,31H,7-8,11,13-14H2,1-6H3/t18-,19-,21-,22+,24-,25-,26-,27+/m0/s1. The molecule has 8 atom stereocenters. The Morgan fingerprint density at radius 1 is 1.24 bits per heavy atom. The Morgan fingerprint density at radius 3 is 2.61 bits per heavy atom. The number of hydrogen-bond donors (Lipinski definition) is 1. The van der Waals surface area contributed by atoms with Gasteiger partial charge in [0, 0.05) is 23.2 Å². The normalized spacial score (nSPS) is 49.8. The summed E-state index contributed by atoms with van der Waals surface area (Å²) in [5.41, 5.74) is -4.15. The molecule has 0 unspecified atom stereocenters. The molecule has 5 aliphatic rings. The first-order valence-corrected chi connectivity index (χ1v) is 12.4. The number of rotatable bonds is 3. The van der Waals surface area contributed by atoms with Gasteiger partial charge in [0.05, 0.1) is 12.2 Å². The summed E-state index contributed by atoms with van der Waals surface area (Å²) in [7, 11) is 0. The van der Waals surface area contributed by atoms with Gasteiger partial charge in [-0.25, -0.2) is 4.39 Å². The fraction of sp³-hybridized carbons (Fsp3) is 0.778. The number of carbonyl (C=O) groups is 2. The first-order valence-electron chi connectivity index (χ1n) is 12.4. The summed E-state index contributed by atoms with van der Waals surface area (Å²) in [6.45, 7) is 11.5. The van der Waals surface area contributed by atoms with Crippen LogP contribution in [0.25, 0.3) is 0 Å². The Kier molecular flexibility index (Phi) is 4.86. The molecule has 0 aromatic carbocycles. The zero-order valence-corrected chi connectivity index (χ0v) is 20.6. The summed E-state index contributed by atoms with van der Waals surface area (Å²) >= 11 is 0. The third-order valence-electron chi connectivity index (χ3n) is 9.64. The highest BCUT2D eigenvalue weighted by molar-refractivity contribution is 6.01. The molecule has 182 valence electrons. The van der Waals surface area contributed by atoms with Gasteiger partial charge in [0.2, 0.25) is 0 Å². The summed E-state index contributed by atoms with van der Waals surface area (Å²) in [5.74, 6) is -1.52. The van der Waals surface area contributed by atoms with Gasteiger partial charge < -0.3 is 14.6 Å². The lowest BCUT2D eigenvalue weighted by atomic mass is 9.44. The molecule has 5 rings (SSSR count). The van der Waals surface area contributed by atoms with Crippen molar-refractivity contribution in [2.75, 3.05) is 0 Å². The summed E-state index contributed by atoms with van der Waals surface area (Å²) in [5, 5.41) is 11.5. The van der Waals surface area contributed by atoms with Crippen molar-refractivity contribution in [3.05, 3.63) is 23.8 Å². The van der Waals surface area contributed by atoms with E-state index in [-0.39, 0.29) is 29.8 Å². The van der Waals surface area contributed by atoms with Gasteiger partial charge in [-0.05, 0) is 70.4 Å². The van der Waals surface area contributed by atoms with Crippen molar-refractivity contribution < 1.29 is 28.6 Å². The Bertz CT molecular complexity index is 968. The number of ether oxygens (including phenoxy) is 2. The number of carbonyl (C=O) groups excluding carboxylic acids is 2. The van der Waals surface area contributed by atoms with Gasteiger partial charge in [-0.2, -0.15) is 0 Å². The van der Waals surface area contributed by atoms with Crippen LogP contribution in [0.1, 0.15) is 73.6 Å². The minimum Gasteiger partial charge on any atom is -0.390 e. The van der Waals surface area contributed by atoms with Gasteiger partial charge in [-0.3, -0.25) is 9.59 Å². The minimum absolute atomic E-state index is 0.00222. The van der Waals surface area contributed by atoms with Crippen LogP contribution in [-0.2, 0) is 19.1 Å². The zero-order valence-electron chi connectivity index (χ0n) is 20.6. The summed E-state index contributed by atoms with van der Waals surface area (Å²) in [6, 6.07) is 0. The third-order valence-corrected chi connectivity index (χ3v) is 9.64. The summed E-state index contributed by atoms with van der Waals surface area (Å²) in [6.07, 6.45) is 5.03. The van der Waals surface area contributed by atoms with E-state index >= 15 is 4.39 Å². The Balaban J connectivity index is 1.62. The van der Waals surface area contributed by atoms with Crippen LogP contribution in [0.3, 0.4) is 0 Å². The van der Waals surface area contributed by atoms with Crippen molar-refractivity contribution >= 4 is 11.6 Å². The van der Waals surface area contributed by atoms with E-state index in [1.807, 2.05) is 41.5 Å². The second-order valence-electron chi connectivity index (χ2n) is 12.4. The molecule has 5 nitrogen and oxygen atoms in total. The number of Topliss-reactive ketones (excluding diaryl/α,β-unsaturated/α-hetero) is 1. The van der Waals surface area contributed by atoms with E-state index in [4.69, 9.17) is 9.47 Å². The molecule has 0 aromatic rings. The molecule has 33 heavy (non-hydrogen) atoms. The van der Waals surface area contributed by atoms with Crippen LogP contribution in [0.2, 0.25) is 0 Å². The van der Waals surface area contributed by atoms with Crippen molar-refractivity contribution in [2.24, 2.45) is 28.6 Å². The highest BCUT2D eigenvalue weighted by Crippen LogP contribution is 2.72. The quantitative estimate of drug-likeness (QED) is 0.673. The molecule has 4 fully saturated rings. The molecular formula is C27H37FO5. The number of hydrogen-bond acceptors (Lipinski definition) is 5. The highest BCUT2D eigenvalue weighted by atomic mass is 19.1. The van der Waals surface area contributed by atoms with Gasteiger partial charge in [-0.15, -0.1) is 0 Å². The van der Waals surface area contributed by atoms with E-state index in [1.165, 1.54) is 6.08 Å². The Labute approximate surface area is 195 Å². The molecule has 4 aliphatic carbocycles. The average Bonchev–Trinajstić information content (AvgIpc) is 3.10. The Morgan fingerprint density at radius 2 is 1.94 bits per heavy atom. The van der Waals surface area contributed by atoms with Crippen LogP contribution in [0.5, 0.6) is 0 Å². The molecule has 1 aliphatic heterocycles. The molecule has 0 radical (unpaired) electrons. The fourth-order valence-electron chi connectivity index (χ4n) is 8.33. The van der Waals surface area contributed by atoms with E-state index in [2.05, 4.69) is 0 Å². The minimum atomic E-state index is -1.92. The molecule has 6 heteroatoms. The highest BCUT2D eigenvalue weighted by Gasteiger charge is 2.79. The molecule has 1 heterocycles. The fourth-order valence-corrected chi connectivity index (χ4v) is 8.33. The van der Waals surface area contributed by atoms with Crippen molar-refractivity contribution in [2.45, 2.75) is 103 Å². The van der Waals surface area contributed by atoms with E-state index in [0.717, 1.165) is 5.57 Å². The summed E-state index contributed by atoms with van der Waals surface area (Å²) < 4.78 is 30.2. The van der Waals surface area contributed by atoms with Gasteiger partial charge in [0.1, 0.15) is 0 Å². The van der Waals surface area contributed by atoms with Crippen LogP contribution in [0.15, 0.2) is 23.8 Å². The second-order valence-corrected chi connectivity index (χ2v) is 12.4. The second kappa shape index (κ2) is 6.86. The first-order chi connectivity index (χ1) is 15.2. The number of ketones is 2. The number of aliphatic hydroxyl groups excluding tert-OH is 1. The topological polar surface area (TPSA) is 72.8 Å². The molecule has 3 saturated carbocycles. The maximum absolute atomic E-state index is 17.3. The van der Waals surface area contributed by atoms with Gasteiger partial charge in [-0.1, -0.05) is 32.4 Å². The van der Waals surface area contributed by atoms with Crippen LogP contribution in [0, 0.1) is 28.6 Å². The van der Waals surface area contributed by atoms with Crippen LogP contribution in [0.4, 0.5) is 4.39 Å². The van der Waals surface area contributed by atoms with Gasteiger partial charge in [0.25, 0.3) is 0 Å². The maximum Gasteiger partial charge on any atom is 0.178 e. The number of halogens is 1. The first kappa shape index (κ1) is 23.4. The monoisotopic (exact) mass is 460 g/mol. The number of allylic oxidation sites excluding steroid dienone is 4. The predicted octanol–water partition coefficient (Wildman–Crippen LogP) is 4.47. The third kappa shape index (κ3) is 2.75. The van der Waals surface area contributed by atoms with Crippen LogP contribution in [-0.4, -0.2) is 45.9 Å². The summed E-state index contributed by atoms with van der Waals surface area (Å²) in [4.78, 5) is 25.9. The predicted molar refractivity (Wildman–Crippen MR) is 121 cm³/mol. The zero-order chi connectivity index (χ0) is 24.2. The molecule has 0 aromatic heterocycles. The largest absolute Gasteiger partial charge is 0.390 e. The number of alkyl halides is 1. The van der Waals surface area contributed by atoms with Crippen molar-refractivity contribution in [1.29, 1.82) is 0 Å². The van der Waals surface area contributed by atoms with E-state index in [9.17, 15) is 14.7 Å². The van der Waals surface area contributed by atoms with E-state index < -0.39 is 46.0 Å². The van der Waals surface area contributed by atoms with Crippen molar-refractivity contribution in [1.82, 2.24) is 0 Å². The van der Waals surface area contributed by atoms with Gasteiger partial charge in [0.15, 0.2) is 28.6 Å². The molecule has 0 bridgehead atoms. The van der Waals surface area contributed by atoms with Crippen LogP contribution < -0.4 is 0 Å². The molecule has 1 N–H and O–H groups in total. The maximum atomic E-state index is 17.3. The Hall–Kier alpha value is -1.37. The lowest BCUT2D eigenvalue weighted by molar-refractivity contribution is -0.245.